The first-order chi connectivity index (χ1) is 12.5. The molecule has 5 heteroatoms. The monoisotopic (exact) mass is 352 g/mol. The molecule has 134 valence electrons. The summed E-state index contributed by atoms with van der Waals surface area (Å²) >= 11 is 0. The fraction of sp³-hybridized carbons (Fsp3) is 0.190. The summed E-state index contributed by atoms with van der Waals surface area (Å²) in [6.45, 7) is 2.53. The number of halogens is 1. The fourth-order valence-corrected chi connectivity index (χ4v) is 3.10. The number of primary amides is 1. The van der Waals surface area contributed by atoms with E-state index >= 15 is 0 Å². The summed E-state index contributed by atoms with van der Waals surface area (Å²) in [5.41, 5.74) is 9.72. The second-order valence-corrected chi connectivity index (χ2v) is 6.15. The van der Waals surface area contributed by atoms with E-state index in [0.717, 1.165) is 28.3 Å². The summed E-state index contributed by atoms with van der Waals surface area (Å²) < 4.78 is 20.5. The normalized spacial score (nSPS) is 10.7. The number of rotatable bonds is 6. The number of ether oxygens (including phenoxy) is 1. The minimum absolute atomic E-state index is 0.251. The molecular weight excluding hydrogens is 331 g/mol. The van der Waals surface area contributed by atoms with Crippen LogP contribution < -0.4 is 10.5 Å². The first-order valence-electron chi connectivity index (χ1n) is 8.38. The first kappa shape index (κ1) is 17.7. The number of carbonyl (C=O) groups excluding carboxylic acids is 1. The highest BCUT2D eigenvalue weighted by molar-refractivity contribution is 5.95. The summed E-state index contributed by atoms with van der Waals surface area (Å²) in [5, 5.41) is 0. The molecule has 0 fully saturated rings. The third-order valence-corrected chi connectivity index (χ3v) is 4.53. The van der Waals surface area contributed by atoms with Gasteiger partial charge in [-0.1, -0.05) is 24.3 Å². The van der Waals surface area contributed by atoms with E-state index in [2.05, 4.69) is 4.57 Å². The van der Waals surface area contributed by atoms with Gasteiger partial charge >= 0.3 is 0 Å². The Morgan fingerprint density at radius 2 is 1.88 bits per heavy atom. The lowest BCUT2D eigenvalue weighted by molar-refractivity contribution is 0.0999. The average Bonchev–Trinajstić information content (AvgIpc) is 2.98. The molecule has 4 nitrogen and oxygen atoms in total. The highest BCUT2D eigenvalue weighted by Crippen LogP contribution is 2.29. The highest BCUT2D eigenvalue weighted by Gasteiger charge is 2.17. The molecule has 2 aromatic carbocycles. The maximum Gasteiger partial charge on any atom is 0.250 e. The van der Waals surface area contributed by atoms with E-state index < -0.39 is 5.91 Å². The van der Waals surface area contributed by atoms with Gasteiger partial charge in [0.05, 0.1) is 12.7 Å². The van der Waals surface area contributed by atoms with Gasteiger partial charge in [0.25, 0.3) is 5.91 Å². The van der Waals surface area contributed by atoms with E-state index in [1.54, 1.807) is 19.2 Å². The third kappa shape index (κ3) is 3.61. The number of nitrogens with two attached hydrogens (primary N) is 1. The Morgan fingerprint density at radius 1 is 1.15 bits per heavy atom. The standard InChI is InChI=1S/C21H21FN2O2/c1-14-19(21(23)25)13-20(16-4-3-5-18(12-16)26-2)24(14)11-10-15-6-8-17(22)9-7-15/h3-9,12-13H,10-11H2,1-2H3,(H2,23,25). The van der Waals surface area contributed by atoms with Crippen molar-refractivity contribution in [2.24, 2.45) is 5.73 Å². The van der Waals surface area contributed by atoms with E-state index in [9.17, 15) is 9.18 Å². The summed E-state index contributed by atoms with van der Waals surface area (Å²) in [4.78, 5) is 11.8. The number of hydrogen-bond acceptors (Lipinski definition) is 2. The van der Waals surface area contributed by atoms with E-state index in [-0.39, 0.29) is 5.82 Å². The number of carbonyl (C=O) groups is 1. The average molecular weight is 352 g/mol. The second-order valence-electron chi connectivity index (χ2n) is 6.15. The zero-order valence-corrected chi connectivity index (χ0v) is 14.8. The molecule has 1 heterocycles. The summed E-state index contributed by atoms with van der Waals surface area (Å²) in [6, 6.07) is 15.9. The molecule has 1 amide bonds. The van der Waals surface area contributed by atoms with Gasteiger partial charge in [-0.05, 0) is 49.2 Å². The van der Waals surface area contributed by atoms with E-state index in [1.165, 1.54) is 12.1 Å². The maximum absolute atomic E-state index is 13.1. The lowest BCUT2D eigenvalue weighted by atomic mass is 10.1. The first-order valence-corrected chi connectivity index (χ1v) is 8.38. The van der Waals surface area contributed by atoms with Crippen molar-refractivity contribution in [2.45, 2.75) is 19.9 Å². The van der Waals surface area contributed by atoms with Gasteiger partial charge in [0.2, 0.25) is 0 Å². The van der Waals surface area contributed by atoms with Gasteiger partial charge in [0, 0.05) is 23.5 Å². The SMILES string of the molecule is COc1cccc(-c2cc(C(N)=O)c(C)n2CCc2ccc(F)cc2)c1. The van der Waals surface area contributed by atoms with Gasteiger partial charge in [-0.25, -0.2) is 4.39 Å². The molecule has 0 radical (unpaired) electrons. The number of benzene rings is 2. The largest absolute Gasteiger partial charge is 0.497 e. The van der Waals surface area contributed by atoms with Crippen molar-refractivity contribution in [3.05, 3.63) is 77.2 Å². The molecule has 0 bridgehead atoms. The van der Waals surface area contributed by atoms with Crippen LogP contribution in [0.25, 0.3) is 11.3 Å². The highest BCUT2D eigenvalue weighted by atomic mass is 19.1. The molecule has 3 aromatic rings. The van der Waals surface area contributed by atoms with Gasteiger partial charge < -0.3 is 15.0 Å². The fourth-order valence-electron chi connectivity index (χ4n) is 3.10. The summed E-state index contributed by atoms with van der Waals surface area (Å²) in [5.74, 6) is 0.0400. The van der Waals surface area contributed by atoms with Crippen molar-refractivity contribution in [1.29, 1.82) is 0 Å². The van der Waals surface area contributed by atoms with Crippen LogP contribution in [0.4, 0.5) is 4.39 Å². The van der Waals surface area contributed by atoms with Crippen molar-refractivity contribution in [1.82, 2.24) is 4.57 Å². The number of aromatic nitrogens is 1. The lowest BCUT2D eigenvalue weighted by Gasteiger charge is -2.13. The number of hydrogen-bond donors (Lipinski definition) is 1. The Labute approximate surface area is 152 Å². The van der Waals surface area contributed by atoms with Crippen LogP contribution in [-0.2, 0) is 13.0 Å². The van der Waals surface area contributed by atoms with Gasteiger partial charge in [-0.3, -0.25) is 4.79 Å². The molecular formula is C21H21FN2O2. The molecule has 0 aliphatic heterocycles. The van der Waals surface area contributed by atoms with Crippen LogP contribution in [0.15, 0.2) is 54.6 Å². The molecule has 0 atom stereocenters. The summed E-state index contributed by atoms with van der Waals surface area (Å²) in [6.07, 6.45) is 0.713. The number of nitrogens with zero attached hydrogens (tertiary/aromatic N) is 1. The predicted molar refractivity (Wildman–Crippen MR) is 99.8 cm³/mol. The minimum Gasteiger partial charge on any atom is -0.497 e. The molecule has 0 unspecified atom stereocenters. The van der Waals surface area contributed by atoms with Crippen LogP contribution in [0.1, 0.15) is 21.6 Å². The molecule has 0 aliphatic rings. The van der Waals surface area contributed by atoms with Crippen LogP contribution in [0.2, 0.25) is 0 Å². The van der Waals surface area contributed by atoms with Gasteiger partial charge in [-0.2, -0.15) is 0 Å². The molecule has 3 rings (SSSR count). The van der Waals surface area contributed by atoms with E-state index in [0.29, 0.717) is 18.5 Å². The van der Waals surface area contributed by atoms with Crippen LogP contribution in [0.5, 0.6) is 5.75 Å². The number of amides is 1. The van der Waals surface area contributed by atoms with E-state index in [1.807, 2.05) is 37.3 Å². The molecule has 0 aliphatic carbocycles. The molecule has 0 saturated carbocycles. The van der Waals surface area contributed by atoms with E-state index in [4.69, 9.17) is 10.5 Å². The summed E-state index contributed by atoms with van der Waals surface area (Å²) in [7, 11) is 1.62. The zero-order valence-electron chi connectivity index (χ0n) is 14.8. The van der Waals surface area contributed by atoms with Crippen molar-refractivity contribution in [2.75, 3.05) is 7.11 Å². The molecule has 1 aromatic heterocycles. The van der Waals surface area contributed by atoms with Crippen LogP contribution in [0.3, 0.4) is 0 Å². The quantitative estimate of drug-likeness (QED) is 0.730. The molecule has 26 heavy (non-hydrogen) atoms. The molecule has 2 N–H and O–H groups in total. The van der Waals surface area contributed by atoms with Gasteiger partial charge in [-0.15, -0.1) is 0 Å². The Bertz CT molecular complexity index is 930. The van der Waals surface area contributed by atoms with Crippen molar-refractivity contribution < 1.29 is 13.9 Å². The van der Waals surface area contributed by atoms with Crippen LogP contribution in [-0.4, -0.2) is 17.6 Å². The Hall–Kier alpha value is -3.08. The van der Waals surface area contributed by atoms with Crippen molar-refractivity contribution >= 4 is 5.91 Å². The molecule has 0 spiro atoms. The second kappa shape index (κ2) is 7.44. The smallest absolute Gasteiger partial charge is 0.250 e. The maximum atomic E-state index is 13.1. The van der Waals surface area contributed by atoms with Crippen LogP contribution in [0, 0.1) is 12.7 Å². The lowest BCUT2D eigenvalue weighted by Crippen LogP contribution is -2.13. The molecule has 0 saturated heterocycles. The number of methoxy groups -OCH3 is 1. The Kier molecular flexibility index (Phi) is 5.07. The zero-order chi connectivity index (χ0) is 18.7. The number of aryl methyl sites for hydroxylation is 1. The van der Waals surface area contributed by atoms with Gasteiger partial charge in [0.1, 0.15) is 11.6 Å². The topological polar surface area (TPSA) is 57.2 Å². The third-order valence-electron chi connectivity index (χ3n) is 4.53. The van der Waals surface area contributed by atoms with Crippen LogP contribution >= 0.6 is 0 Å². The van der Waals surface area contributed by atoms with Crippen molar-refractivity contribution in [3.8, 4) is 17.0 Å². The minimum atomic E-state index is -0.452. The Morgan fingerprint density at radius 3 is 2.54 bits per heavy atom. The van der Waals surface area contributed by atoms with Gasteiger partial charge in [0.15, 0.2) is 0 Å². The van der Waals surface area contributed by atoms with Crippen molar-refractivity contribution in [3.63, 3.8) is 0 Å². The predicted octanol–water partition coefficient (Wildman–Crippen LogP) is 3.95. The Balaban J connectivity index is 1.99.